The van der Waals surface area contributed by atoms with Crippen LogP contribution in [0.25, 0.3) is 0 Å². The van der Waals surface area contributed by atoms with Gasteiger partial charge in [-0.15, -0.1) is 0 Å². The number of hydrogen-bond donors (Lipinski definition) is 3. The van der Waals surface area contributed by atoms with Gasteiger partial charge in [0.2, 0.25) is 5.91 Å². The van der Waals surface area contributed by atoms with Crippen LogP contribution in [0.1, 0.15) is 25.5 Å². The molecule has 1 aromatic carbocycles. The summed E-state index contributed by atoms with van der Waals surface area (Å²) in [5.74, 6) is -0.207. The van der Waals surface area contributed by atoms with E-state index in [4.69, 9.17) is 4.74 Å². The van der Waals surface area contributed by atoms with Crippen LogP contribution in [-0.2, 0) is 9.53 Å². The van der Waals surface area contributed by atoms with Crippen molar-refractivity contribution in [2.75, 3.05) is 25.0 Å². The van der Waals surface area contributed by atoms with E-state index in [2.05, 4.69) is 10.6 Å². The Balaban J connectivity index is 1.91. The molecule has 5 nitrogen and oxygen atoms in total. The van der Waals surface area contributed by atoms with Crippen LogP contribution in [-0.4, -0.2) is 36.3 Å². The minimum atomic E-state index is -0.620. The van der Waals surface area contributed by atoms with Crippen LogP contribution in [0.3, 0.4) is 0 Å². The van der Waals surface area contributed by atoms with Crippen molar-refractivity contribution in [2.24, 2.45) is 0 Å². The average Bonchev–Trinajstić information content (AvgIpc) is 2.34. The first-order valence-electron chi connectivity index (χ1n) is 6.42. The third-order valence-corrected chi connectivity index (χ3v) is 3.23. The zero-order valence-electron chi connectivity index (χ0n) is 11.3. The largest absolute Gasteiger partial charge is 0.389 e. The lowest BCUT2D eigenvalue weighted by Crippen LogP contribution is -2.59. The molecule has 104 valence electrons. The van der Waals surface area contributed by atoms with Crippen LogP contribution in [0.5, 0.6) is 0 Å². The summed E-state index contributed by atoms with van der Waals surface area (Å²) in [6.07, 6.45) is -0.620. The Morgan fingerprint density at radius 3 is 2.79 bits per heavy atom. The fourth-order valence-corrected chi connectivity index (χ4v) is 1.98. The number of anilines is 1. The number of amides is 1. The van der Waals surface area contributed by atoms with Crippen molar-refractivity contribution in [2.45, 2.75) is 25.6 Å². The SMILES string of the molecule is CC(O)c1ccccc1NC(=O)COC1(C)CNC1. The standard InChI is InChI=1S/C14H20N2O3/c1-10(17)11-5-3-4-6-12(11)16-13(18)7-19-14(2)8-15-9-14/h3-6,10,15,17H,7-9H2,1-2H3,(H,16,18). The molecule has 19 heavy (non-hydrogen) atoms. The molecule has 0 radical (unpaired) electrons. The van der Waals surface area contributed by atoms with Crippen molar-refractivity contribution in [3.05, 3.63) is 29.8 Å². The minimum absolute atomic E-state index is 0.0202. The van der Waals surface area contributed by atoms with E-state index in [1.54, 1.807) is 19.1 Å². The normalized spacial score (nSPS) is 18.5. The van der Waals surface area contributed by atoms with Gasteiger partial charge in [0.25, 0.3) is 0 Å². The van der Waals surface area contributed by atoms with Crippen molar-refractivity contribution in [3.63, 3.8) is 0 Å². The molecule has 2 rings (SSSR count). The highest BCUT2D eigenvalue weighted by molar-refractivity contribution is 5.92. The molecule has 1 saturated heterocycles. The van der Waals surface area contributed by atoms with Gasteiger partial charge in [0.1, 0.15) is 6.61 Å². The molecular formula is C14H20N2O3. The molecule has 0 bridgehead atoms. The summed E-state index contributed by atoms with van der Waals surface area (Å²) >= 11 is 0. The number of nitrogens with one attached hydrogen (secondary N) is 2. The molecule has 1 unspecified atom stereocenters. The van der Waals surface area contributed by atoms with Crippen molar-refractivity contribution in [3.8, 4) is 0 Å². The summed E-state index contributed by atoms with van der Waals surface area (Å²) in [4.78, 5) is 11.8. The van der Waals surface area contributed by atoms with E-state index >= 15 is 0 Å². The summed E-state index contributed by atoms with van der Waals surface area (Å²) in [5.41, 5.74) is 1.09. The monoisotopic (exact) mass is 264 g/mol. The predicted octanol–water partition coefficient (Wildman–Crippen LogP) is 1.06. The average molecular weight is 264 g/mol. The molecule has 1 aliphatic rings. The lowest BCUT2D eigenvalue weighted by Gasteiger charge is -2.38. The molecule has 1 aliphatic heterocycles. The van der Waals surface area contributed by atoms with Gasteiger partial charge in [0.05, 0.1) is 11.7 Å². The van der Waals surface area contributed by atoms with Gasteiger partial charge in [-0.3, -0.25) is 4.79 Å². The maximum Gasteiger partial charge on any atom is 0.250 e. The summed E-state index contributed by atoms with van der Waals surface area (Å²) in [5, 5.41) is 15.5. The topological polar surface area (TPSA) is 70.6 Å². The highest BCUT2D eigenvalue weighted by Gasteiger charge is 2.33. The van der Waals surface area contributed by atoms with Crippen LogP contribution in [0.15, 0.2) is 24.3 Å². The molecule has 0 aliphatic carbocycles. The third-order valence-electron chi connectivity index (χ3n) is 3.23. The molecule has 1 heterocycles. The molecule has 3 N–H and O–H groups in total. The first-order chi connectivity index (χ1) is 9.00. The molecule has 0 saturated carbocycles. The second-order valence-electron chi connectivity index (χ2n) is 5.15. The van der Waals surface area contributed by atoms with Crippen LogP contribution in [0.4, 0.5) is 5.69 Å². The molecule has 1 atom stereocenters. The van der Waals surface area contributed by atoms with Gasteiger partial charge in [-0.2, -0.15) is 0 Å². The summed E-state index contributed by atoms with van der Waals surface area (Å²) in [6.45, 7) is 5.20. The molecule has 1 amide bonds. The van der Waals surface area contributed by atoms with Gasteiger partial charge < -0.3 is 20.5 Å². The minimum Gasteiger partial charge on any atom is -0.389 e. The number of carbonyl (C=O) groups excluding carboxylic acids is 1. The van der Waals surface area contributed by atoms with Crippen molar-refractivity contribution in [1.82, 2.24) is 5.32 Å². The number of carbonyl (C=O) groups is 1. The molecule has 0 aromatic heterocycles. The third kappa shape index (κ3) is 3.53. The predicted molar refractivity (Wildman–Crippen MR) is 72.9 cm³/mol. The Hall–Kier alpha value is -1.43. The van der Waals surface area contributed by atoms with Gasteiger partial charge in [-0.25, -0.2) is 0 Å². The van der Waals surface area contributed by atoms with Gasteiger partial charge in [0, 0.05) is 24.3 Å². The zero-order valence-corrected chi connectivity index (χ0v) is 11.3. The molecule has 5 heteroatoms. The van der Waals surface area contributed by atoms with E-state index in [1.165, 1.54) is 0 Å². The van der Waals surface area contributed by atoms with E-state index in [9.17, 15) is 9.90 Å². The Bertz CT molecular complexity index is 456. The fraction of sp³-hybridized carbons (Fsp3) is 0.500. The lowest BCUT2D eigenvalue weighted by molar-refractivity contribution is -0.130. The first-order valence-corrected chi connectivity index (χ1v) is 6.42. The molecular weight excluding hydrogens is 244 g/mol. The van der Waals surface area contributed by atoms with Crippen molar-refractivity contribution >= 4 is 11.6 Å². The first kappa shape index (κ1) is 14.0. The number of para-hydroxylation sites is 1. The summed E-state index contributed by atoms with van der Waals surface area (Å²) in [6, 6.07) is 7.21. The number of benzene rings is 1. The molecule has 0 spiro atoms. The van der Waals surface area contributed by atoms with E-state index in [0.29, 0.717) is 11.3 Å². The fourth-order valence-electron chi connectivity index (χ4n) is 1.98. The van der Waals surface area contributed by atoms with Gasteiger partial charge in [-0.1, -0.05) is 18.2 Å². The van der Waals surface area contributed by atoms with Gasteiger partial charge >= 0.3 is 0 Å². The Morgan fingerprint density at radius 1 is 1.53 bits per heavy atom. The van der Waals surface area contributed by atoms with Crippen LogP contribution >= 0.6 is 0 Å². The zero-order chi connectivity index (χ0) is 13.9. The Kier molecular flexibility index (Phi) is 4.19. The Morgan fingerprint density at radius 2 is 2.21 bits per heavy atom. The highest BCUT2D eigenvalue weighted by atomic mass is 16.5. The number of hydrogen-bond acceptors (Lipinski definition) is 4. The van der Waals surface area contributed by atoms with E-state index in [-0.39, 0.29) is 18.1 Å². The number of ether oxygens (including phenoxy) is 1. The van der Waals surface area contributed by atoms with E-state index in [1.807, 2.05) is 19.1 Å². The maximum absolute atomic E-state index is 11.8. The van der Waals surface area contributed by atoms with Crippen LogP contribution in [0, 0.1) is 0 Å². The lowest BCUT2D eigenvalue weighted by atomic mass is 10.0. The second-order valence-corrected chi connectivity index (χ2v) is 5.15. The Labute approximate surface area is 113 Å². The van der Waals surface area contributed by atoms with Crippen LogP contribution in [0.2, 0.25) is 0 Å². The number of aliphatic hydroxyl groups is 1. The quantitative estimate of drug-likeness (QED) is 0.743. The smallest absolute Gasteiger partial charge is 0.250 e. The summed E-state index contributed by atoms with van der Waals surface area (Å²) < 4.78 is 5.56. The highest BCUT2D eigenvalue weighted by Crippen LogP contribution is 2.22. The van der Waals surface area contributed by atoms with Crippen LogP contribution < -0.4 is 10.6 Å². The second kappa shape index (κ2) is 5.69. The van der Waals surface area contributed by atoms with E-state index in [0.717, 1.165) is 13.1 Å². The molecule has 1 fully saturated rings. The summed E-state index contributed by atoms with van der Waals surface area (Å²) in [7, 11) is 0. The number of rotatable bonds is 5. The van der Waals surface area contributed by atoms with Crippen molar-refractivity contribution in [1.29, 1.82) is 0 Å². The number of aliphatic hydroxyl groups excluding tert-OH is 1. The van der Waals surface area contributed by atoms with Gasteiger partial charge in [-0.05, 0) is 19.9 Å². The molecule has 1 aromatic rings. The maximum atomic E-state index is 11.8. The van der Waals surface area contributed by atoms with Crippen molar-refractivity contribution < 1.29 is 14.6 Å². The van der Waals surface area contributed by atoms with Gasteiger partial charge in [0.15, 0.2) is 0 Å². The van der Waals surface area contributed by atoms with E-state index < -0.39 is 6.10 Å².